The summed E-state index contributed by atoms with van der Waals surface area (Å²) in [6.45, 7) is 1.93. The van der Waals surface area contributed by atoms with Gasteiger partial charge < -0.3 is 9.26 Å². The van der Waals surface area contributed by atoms with Crippen molar-refractivity contribution in [2.75, 3.05) is 0 Å². The van der Waals surface area contributed by atoms with Gasteiger partial charge in [0.1, 0.15) is 12.0 Å². The number of ether oxygens (including phenoxy) is 1. The van der Waals surface area contributed by atoms with E-state index in [1.54, 1.807) is 31.2 Å². The van der Waals surface area contributed by atoms with Crippen molar-refractivity contribution in [3.05, 3.63) is 41.5 Å². The molecule has 0 spiro atoms. The molecular formula is C11H10N2O3. The highest BCUT2D eigenvalue weighted by Crippen LogP contribution is 2.13. The summed E-state index contributed by atoms with van der Waals surface area (Å²) < 4.78 is 10.3. The smallest absolute Gasteiger partial charge is 0.264 e. The average Bonchev–Trinajstić information content (AvgIpc) is 2.73. The number of aromatic nitrogens is 2. The topological polar surface area (TPSA) is 65.2 Å². The van der Waals surface area contributed by atoms with E-state index < -0.39 is 0 Å². The summed E-state index contributed by atoms with van der Waals surface area (Å²) in [4.78, 5) is 14.5. The molecule has 82 valence electrons. The Hall–Kier alpha value is -2.17. The maximum Gasteiger partial charge on any atom is 0.264 e. The third-order valence-corrected chi connectivity index (χ3v) is 1.93. The number of carbonyl (C=O) groups is 1. The van der Waals surface area contributed by atoms with Crippen LogP contribution in [0.2, 0.25) is 0 Å². The molecule has 5 nitrogen and oxygen atoms in total. The van der Waals surface area contributed by atoms with Gasteiger partial charge in [-0.15, -0.1) is 0 Å². The van der Waals surface area contributed by atoms with Gasteiger partial charge in [-0.3, -0.25) is 4.79 Å². The first-order valence-electron chi connectivity index (χ1n) is 4.75. The number of carbonyl (C=O) groups excluding carboxylic acids is 1. The lowest BCUT2D eigenvalue weighted by molar-refractivity contribution is 0.112. The number of benzene rings is 1. The Morgan fingerprint density at radius 1 is 1.50 bits per heavy atom. The zero-order valence-corrected chi connectivity index (χ0v) is 8.71. The summed E-state index contributed by atoms with van der Waals surface area (Å²) in [5.74, 6) is 1.58. The Labute approximate surface area is 92.0 Å². The van der Waals surface area contributed by atoms with Crippen LogP contribution >= 0.6 is 0 Å². The van der Waals surface area contributed by atoms with Gasteiger partial charge in [0.05, 0.1) is 0 Å². The summed E-state index contributed by atoms with van der Waals surface area (Å²) in [5, 5.41) is 3.64. The minimum Gasteiger partial charge on any atom is -0.484 e. The second kappa shape index (κ2) is 4.57. The molecule has 1 aromatic heterocycles. The van der Waals surface area contributed by atoms with Crippen molar-refractivity contribution < 1.29 is 14.1 Å². The van der Waals surface area contributed by atoms with Crippen LogP contribution in [0.15, 0.2) is 28.8 Å². The number of nitrogens with zero attached hydrogens (tertiary/aromatic N) is 2. The molecule has 2 rings (SSSR count). The monoisotopic (exact) mass is 218 g/mol. The van der Waals surface area contributed by atoms with Gasteiger partial charge in [0.2, 0.25) is 0 Å². The molecule has 0 bridgehead atoms. The van der Waals surface area contributed by atoms with Crippen LogP contribution in [-0.2, 0) is 6.61 Å². The predicted molar refractivity (Wildman–Crippen MR) is 55.2 cm³/mol. The van der Waals surface area contributed by atoms with Crippen LogP contribution in [-0.4, -0.2) is 16.4 Å². The molecule has 0 aliphatic rings. The van der Waals surface area contributed by atoms with Crippen LogP contribution in [0.3, 0.4) is 0 Å². The molecule has 0 unspecified atom stereocenters. The first kappa shape index (κ1) is 10.4. The SMILES string of the molecule is Cc1noc(COc2cccc(C=O)c2)n1. The van der Waals surface area contributed by atoms with E-state index in [2.05, 4.69) is 10.1 Å². The first-order chi connectivity index (χ1) is 7.78. The molecule has 16 heavy (non-hydrogen) atoms. The predicted octanol–water partition coefficient (Wildman–Crippen LogP) is 1.77. The Kier molecular flexibility index (Phi) is 2.95. The van der Waals surface area contributed by atoms with Gasteiger partial charge in [0, 0.05) is 5.56 Å². The number of aryl methyl sites for hydroxylation is 1. The van der Waals surface area contributed by atoms with Crippen molar-refractivity contribution in [3.63, 3.8) is 0 Å². The third-order valence-electron chi connectivity index (χ3n) is 1.93. The summed E-state index contributed by atoms with van der Waals surface area (Å²) >= 11 is 0. The van der Waals surface area contributed by atoms with Crippen LogP contribution in [0, 0.1) is 6.92 Å². The number of hydrogen-bond donors (Lipinski definition) is 0. The molecule has 0 fully saturated rings. The second-order valence-corrected chi connectivity index (χ2v) is 3.21. The molecule has 1 heterocycles. The molecule has 0 radical (unpaired) electrons. The van der Waals surface area contributed by atoms with Gasteiger partial charge in [-0.25, -0.2) is 0 Å². The first-order valence-corrected chi connectivity index (χ1v) is 4.75. The molecular weight excluding hydrogens is 208 g/mol. The van der Waals surface area contributed by atoms with E-state index in [0.29, 0.717) is 23.0 Å². The molecule has 2 aromatic rings. The van der Waals surface area contributed by atoms with E-state index in [4.69, 9.17) is 9.26 Å². The molecule has 0 saturated carbocycles. The van der Waals surface area contributed by atoms with E-state index in [-0.39, 0.29) is 6.61 Å². The molecule has 5 heteroatoms. The van der Waals surface area contributed by atoms with E-state index >= 15 is 0 Å². The quantitative estimate of drug-likeness (QED) is 0.731. The molecule has 0 saturated heterocycles. The number of aldehydes is 1. The van der Waals surface area contributed by atoms with E-state index in [1.165, 1.54) is 0 Å². The highest BCUT2D eigenvalue weighted by atomic mass is 16.5. The zero-order chi connectivity index (χ0) is 11.4. The van der Waals surface area contributed by atoms with Crippen LogP contribution in [0.1, 0.15) is 22.1 Å². The lowest BCUT2D eigenvalue weighted by Crippen LogP contribution is -1.96. The Morgan fingerprint density at radius 3 is 3.06 bits per heavy atom. The molecule has 0 amide bonds. The molecule has 1 aromatic carbocycles. The highest BCUT2D eigenvalue weighted by Gasteiger charge is 2.03. The van der Waals surface area contributed by atoms with Gasteiger partial charge in [0.15, 0.2) is 12.4 Å². The normalized spacial score (nSPS) is 10.1. The Balaban J connectivity index is 2.01. The second-order valence-electron chi connectivity index (χ2n) is 3.21. The van der Waals surface area contributed by atoms with E-state index in [1.807, 2.05) is 0 Å². The maximum atomic E-state index is 10.5. The Morgan fingerprint density at radius 2 is 2.38 bits per heavy atom. The van der Waals surface area contributed by atoms with Crippen molar-refractivity contribution in [3.8, 4) is 5.75 Å². The minimum absolute atomic E-state index is 0.198. The summed E-state index contributed by atoms with van der Waals surface area (Å²) in [6, 6.07) is 6.86. The van der Waals surface area contributed by atoms with Gasteiger partial charge >= 0.3 is 0 Å². The average molecular weight is 218 g/mol. The van der Waals surface area contributed by atoms with Crippen LogP contribution in [0.25, 0.3) is 0 Å². The fourth-order valence-electron chi connectivity index (χ4n) is 1.22. The van der Waals surface area contributed by atoms with Gasteiger partial charge in [-0.05, 0) is 19.1 Å². The Bertz CT molecular complexity index is 493. The highest BCUT2D eigenvalue weighted by molar-refractivity contribution is 5.75. The fraction of sp³-hybridized carbons (Fsp3) is 0.182. The molecule has 0 N–H and O–H groups in total. The van der Waals surface area contributed by atoms with E-state index in [9.17, 15) is 4.79 Å². The molecule has 0 aliphatic carbocycles. The van der Waals surface area contributed by atoms with Crippen molar-refractivity contribution in [1.82, 2.24) is 10.1 Å². The van der Waals surface area contributed by atoms with Crippen LogP contribution in [0.4, 0.5) is 0 Å². The lowest BCUT2D eigenvalue weighted by Gasteiger charge is -2.02. The van der Waals surface area contributed by atoms with Gasteiger partial charge in [-0.2, -0.15) is 4.98 Å². The summed E-state index contributed by atoms with van der Waals surface area (Å²) in [6.07, 6.45) is 0.768. The van der Waals surface area contributed by atoms with Crippen LogP contribution < -0.4 is 4.74 Å². The molecule has 0 aliphatic heterocycles. The number of rotatable bonds is 4. The standard InChI is InChI=1S/C11H10N2O3/c1-8-12-11(16-13-8)7-15-10-4-2-3-9(5-10)6-14/h2-6H,7H2,1H3. The van der Waals surface area contributed by atoms with Crippen molar-refractivity contribution in [2.45, 2.75) is 13.5 Å². The van der Waals surface area contributed by atoms with Crippen molar-refractivity contribution in [1.29, 1.82) is 0 Å². The largest absolute Gasteiger partial charge is 0.484 e. The minimum atomic E-state index is 0.198. The zero-order valence-electron chi connectivity index (χ0n) is 8.71. The lowest BCUT2D eigenvalue weighted by atomic mass is 10.2. The van der Waals surface area contributed by atoms with Crippen LogP contribution in [0.5, 0.6) is 5.75 Å². The van der Waals surface area contributed by atoms with Gasteiger partial charge in [-0.1, -0.05) is 17.3 Å². The maximum absolute atomic E-state index is 10.5. The van der Waals surface area contributed by atoms with Crippen molar-refractivity contribution in [2.24, 2.45) is 0 Å². The van der Waals surface area contributed by atoms with E-state index in [0.717, 1.165) is 6.29 Å². The van der Waals surface area contributed by atoms with Crippen molar-refractivity contribution >= 4 is 6.29 Å². The summed E-state index contributed by atoms with van der Waals surface area (Å²) in [5.41, 5.74) is 0.569. The third kappa shape index (κ3) is 2.44. The fourth-order valence-corrected chi connectivity index (χ4v) is 1.22. The number of hydrogen-bond acceptors (Lipinski definition) is 5. The summed E-state index contributed by atoms with van der Waals surface area (Å²) in [7, 11) is 0. The molecule has 0 atom stereocenters. The van der Waals surface area contributed by atoms with Gasteiger partial charge in [0.25, 0.3) is 5.89 Å².